The molecule has 0 unspecified atom stereocenters. The number of ether oxygens (including phenoxy) is 2. The molecule has 0 aromatic heterocycles. The van der Waals surface area contributed by atoms with Gasteiger partial charge in [0, 0.05) is 11.6 Å². The van der Waals surface area contributed by atoms with Gasteiger partial charge in [0.05, 0.1) is 31.1 Å². The van der Waals surface area contributed by atoms with Crippen molar-refractivity contribution in [1.82, 2.24) is 5.43 Å². The Labute approximate surface area is 157 Å². The largest absolute Gasteiger partial charge is 0.497 e. The van der Waals surface area contributed by atoms with Crippen LogP contribution >= 0.6 is 0 Å². The van der Waals surface area contributed by atoms with E-state index in [1.807, 2.05) is 0 Å². The Bertz CT molecular complexity index is 887. The summed E-state index contributed by atoms with van der Waals surface area (Å²) < 4.78 is 48.4. The Kier molecular flexibility index (Phi) is 6.29. The molecule has 0 bridgehead atoms. The number of nitrogens with one attached hydrogen (secondary N) is 2. The van der Waals surface area contributed by atoms with E-state index in [4.69, 9.17) is 9.47 Å². The van der Waals surface area contributed by atoms with Crippen LogP contribution in [0.5, 0.6) is 11.5 Å². The zero-order valence-corrected chi connectivity index (χ0v) is 14.8. The molecule has 0 heterocycles. The van der Waals surface area contributed by atoms with E-state index >= 15 is 0 Å². The summed E-state index contributed by atoms with van der Waals surface area (Å²) in [6.07, 6.45) is -4.89. The first kappa shape index (κ1) is 20.8. The molecular formula is C17H16F3N3O5. The van der Waals surface area contributed by atoms with E-state index in [1.54, 1.807) is 18.2 Å². The number of rotatable bonds is 7. The monoisotopic (exact) mass is 399 g/mol. The summed E-state index contributed by atoms with van der Waals surface area (Å²) in [5.74, 6) is 0.326. The number of nitro benzene ring substituents is 1. The number of amides is 1. The van der Waals surface area contributed by atoms with Gasteiger partial charge < -0.3 is 9.47 Å². The third kappa shape index (κ3) is 5.02. The Morgan fingerprint density at radius 1 is 1.14 bits per heavy atom. The molecule has 0 aliphatic rings. The van der Waals surface area contributed by atoms with Gasteiger partial charge in [0.25, 0.3) is 5.69 Å². The minimum Gasteiger partial charge on any atom is -0.497 e. The highest BCUT2D eigenvalue weighted by atomic mass is 19.4. The molecule has 11 heteroatoms. The number of benzene rings is 2. The molecular weight excluding hydrogens is 383 g/mol. The summed E-state index contributed by atoms with van der Waals surface area (Å²) in [4.78, 5) is 22.2. The molecule has 0 aliphatic heterocycles. The lowest BCUT2D eigenvalue weighted by Gasteiger charge is -2.13. The number of nitrogens with zero attached hydrogens (tertiary/aromatic N) is 1. The first-order valence-electron chi connectivity index (χ1n) is 7.77. The predicted molar refractivity (Wildman–Crippen MR) is 93.1 cm³/mol. The summed E-state index contributed by atoms with van der Waals surface area (Å²) in [5, 5.41) is 11.0. The van der Waals surface area contributed by atoms with Gasteiger partial charge in [0.1, 0.15) is 17.2 Å². The second-order valence-corrected chi connectivity index (χ2v) is 5.51. The zero-order chi connectivity index (χ0) is 20.9. The normalized spacial score (nSPS) is 10.9. The first-order valence-corrected chi connectivity index (χ1v) is 7.77. The number of anilines is 1. The third-order valence-corrected chi connectivity index (χ3v) is 3.70. The van der Waals surface area contributed by atoms with Crippen molar-refractivity contribution in [3.8, 4) is 11.5 Å². The average molecular weight is 399 g/mol. The number of halogens is 3. The smallest absolute Gasteiger partial charge is 0.416 e. The van der Waals surface area contributed by atoms with Crippen molar-refractivity contribution in [3.63, 3.8) is 0 Å². The summed E-state index contributed by atoms with van der Waals surface area (Å²) in [7, 11) is 2.88. The van der Waals surface area contributed by atoms with Crippen LogP contribution in [-0.2, 0) is 17.4 Å². The van der Waals surface area contributed by atoms with Crippen LogP contribution in [0.3, 0.4) is 0 Å². The van der Waals surface area contributed by atoms with Crippen LogP contribution in [0.1, 0.15) is 11.1 Å². The molecule has 0 atom stereocenters. The fraction of sp³-hybridized carbons (Fsp3) is 0.235. The van der Waals surface area contributed by atoms with Crippen LogP contribution in [-0.4, -0.2) is 25.1 Å². The summed E-state index contributed by atoms with van der Waals surface area (Å²) in [6, 6.07) is 6.76. The summed E-state index contributed by atoms with van der Waals surface area (Å²) >= 11 is 0. The lowest BCUT2D eigenvalue weighted by Crippen LogP contribution is -2.31. The van der Waals surface area contributed by atoms with Gasteiger partial charge in [-0.25, -0.2) is 0 Å². The van der Waals surface area contributed by atoms with E-state index in [0.29, 0.717) is 29.2 Å². The van der Waals surface area contributed by atoms with E-state index in [2.05, 4.69) is 10.9 Å². The van der Waals surface area contributed by atoms with Crippen LogP contribution in [0.4, 0.5) is 24.5 Å². The van der Waals surface area contributed by atoms with E-state index in [9.17, 15) is 28.1 Å². The van der Waals surface area contributed by atoms with Crippen LogP contribution in [0, 0.1) is 10.1 Å². The van der Waals surface area contributed by atoms with Crippen LogP contribution in [0.25, 0.3) is 0 Å². The highest BCUT2D eigenvalue weighted by molar-refractivity contribution is 5.81. The lowest BCUT2D eigenvalue weighted by molar-refractivity contribution is -0.384. The number of hydrogen-bond donors (Lipinski definition) is 2. The quantitative estimate of drug-likeness (QED) is 0.547. The molecule has 2 aromatic carbocycles. The second-order valence-electron chi connectivity index (χ2n) is 5.51. The third-order valence-electron chi connectivity index (χ3n) is 3.70. The van der Waals surface area contributed by atoms with Gasteiger partial charge in [0.15, 0.2) is 0 Å². The molecule has 2 rings (SSSR count). The van der Waals surface area contributed by atoms with Crippen molar-refractivity contribution in [1.29, 1.82) is 0 Å². The van der Waals surface area contributed by atoms with Crippen molar-refractivity contribution < 1.29 is 32.4 Å². The minimum atomic E-state index is -4.73. The van der Waals surface area contributed by atoms with Crippen molar-refractivity contribution >= 4 is 17.3 Å². The van der Waals surface area contributed by atoms with Gasteiger partial charge in [-0.2, -0.15) is 13.2 Å². The van der Waals surface area contributed by atoms with E-state index in [-0.39, 0.29) is 12.1 Å². The highest BCUT2D eigenvalue weighted by Crippen LogP contribution is 2.34. The van der Waals surface area contributed by atoms with Gasteiger partial charge in [-0.1, -0.05) is 0 Å². The Morgan fingerprint density at radius 3 is 2.43 bits per heavy atom. The molecule has 0 fully saturated rings. The number of nitro groups is 1. The van der Waals surface area contributed by atoms with E-state index in [1.165, 1.54) is 14.2 Å². The Morgan fingerprint density at radius 2 is 1.86 bits per heavy atom. The topological polar surface area (TPSA) is 103 Å². The highest BCUT2D eigenvalue weighted by Gasteiger charge is 2.33. The number of hydrazine groups is 1. The fourth-order valence-corrected chi connectivity index (χ4v) is 2.34. The standard InChI is InChI=1S/C17H16F3N3O5/c1-27-12-4-6-15(28-2)10(7-12)8-16(24)22-21-13-5-3-11(17(18,19)20)9-14(13)23(25)26/h3-7,9,21H,8H2,1-2H3,(H,22,24). The molecule has 0 spiro atoms. The number of methoxy groups -OCH3 is 2. The molecule has 0 saturated heterocycles. The van der Waals surface area contributed by atoms with Crippen molar-refractivity contribution in [3.05, 3.63) is 57.6 Å². The molecule has 0 aliphatic carbocycles. The average Bonchev–Trinajstić information content (AvgIpc) is 2.65. The summed E-state index contributed by atoms with van der Waals surface area (Å²) in [5.41, 5.74) is 2.70. The van der Waals surface area contributed by atoms with Crippen LogP contribution < -0.4 is 20.3 Å². The van der Waals surface area contributed by atoms with E-state index < -0.39 is 28.3 Å². The molecule has 8 nitrogen and oxygen atoms in total. The zero-order valence-electron chi connectivity index (χ0n) is 14.8. The van der Waals surface area contributed by atoms with Crippen LogP contribution in [0.15, 0.2) is 36.4 Å². The Hall–Kier alpha value is -3.50. The van der Waals surface area contributed by atoms with Crippen molar-refractivity contribution in [2.75, 3.05) is 19.6 Å². The number of carbonyl (C=O) groups is 1. The second kappa shape index (κ2) is 8.46. The van der Waals surface area contributed by atoms with Crippen molar-refractivity contribution in [2.45, 2.75) is 12.6 Å². The SMILES string of the molecule is COc1ccc(OC)c(CC(=O)NNc2ccc(C(F)(F)F)cc2[N+](=O)[O-])c1. The molecule has 2 aromatic rings. The minimum absolute atomic E-state index is 0.165. The summed E-state index contributed by atoms with van der Waals surface area (Å²) in [6.45, 7) is 0. The van der Waals surface area contributed by atoms with Gasteiger partial charge in [0.2, 0.25) is 5.91 Å². The molecule has 1 amide bonds. The maximum Gasteiger partial charge on any atom is 0.416 e. The van der Waals surface area contributed by atoms with Crippen molar-refractivity contribution in [2.24, 2.45) is 0 Å². The fourth-order valence-electron chi connectivity index (χ4n) is 2.34. The number of alkyl halides is 3. The Balaban J connectivity index is 2.14. The molecule has 0 saturated carbocycles. The lowest BCUT2D eigenvalue weighted by atomic mass is 10.1. The van der Waals surface area contributed by atoms with E-state index in [0.717, 1.165) is 6.07 Å². The maximum absolute atomic E-state index is 12.7. The van der Waals surface area contributed by atoms with Gasteiger partial charge in [-0.3, -0.25) is 25.8 Å². The van der Waals surface area contributed by atoms with Crippen LogP contribution in [0.2, 0.25) is 0 Å². The molecule has 150 valence electrons. The number of hydrogen-bond acceptors (Lipinski definition) is 6. The number of carbonyl (C=O) groups excluding carboxylic acids is 1. The predicted octanol–water partition coefficient (Wildman–Crippen LogP) is 3.32. The van der Waals surface area contributed by atoms with Gasteiger partial charge in [-0.05, 0) is 30.3 Å². The first-order chi connectivity index (χ1) is 13.2. The maximum atomic E-state index is 12.7. The molecule has 28 heavy (non-hydrogen) atoms. The van der Waals surface area contributed by atoms with Gasteiger partial charge in [-0.15, -0.1) is 0 Å². The molecule has 2 N–H and O–H groups in total. The van der Waals surface area contributed by atoms with Gasteiger partial charge >= 0.3 is 6.18 Å². The molecule has 0 radical (unpaired) electrons.